The molecule has 0 radical (unpaired) electrons. The van der Waals surface area contributed by atoms with Crippen LogP contribution in [0.25, 0.3) is 11.1 Å². The van der Waals surface area contributed by atoms with E-state index in [1.54, 1.807) is 0 Å². The summed E-state index contributed by atoms with van der Waals surface area (Å²) in [6.07, 6.45) is 3.65. The molecule has 0 aliphatic carbocycles. The summed E-state index contributed by atoms with van der Waals surface area (Å²) >= 11 is 0. The summed E-state index contributed by atoms with van der Waals surface area (Å²) in [6, 6.07) is 10.6. The quantitative estimate of drug-likeness (QED) is 0.693. The molecule has 2 aromatic heterocycles. The monoisotopic (exact) mass is 307 g/mol. The number of benzene rings is 1. The van der Waals surface area contributed by atoms with Gasteiger partial charge in [-0.1, -0.05) is 17.3 Å². The first-order valence-electron chi connectivity index (χ1n) is 7.83. The summed E-state index contributed by atoms with van der Waals surface area (Å²) < 4.78 is 5.32. The molecular weight excluding hydrogens is 286 g/mol. The number of anilines is 2. The van der Waals surface area contributed by atoms with Gasteiger partial charge in [0.05, 0.1) is 5.69 Å². The van der Waals surface area contributed by atoms with Crippen LogP contribution in [0.4, 0.5) is 11.4 Å². The number of rotatable bonds is 4. The SMILES string of the molecule is CCN(c1ccncc1)c1cc(-c2c(C)noc2C)ccc1C. The number of hydrogen-bond acceptors (Lipinski definition) is 4. The summed E-state index contributed by atoms with van der Waals surface area (Å²) in [6.45, 7) is 9.11. The van der Waals surface area contributed by atoms with Gasteiger partial charge in [-0.3, -0.25) is 4.98 Å². The number of nitrogens with zero attached hydrogens (tertiary/aromatic N) is 3. The highest BCUT2D eigenvalue weighted by atomic mass is 16.5. The summed E-state index contributed by atoms with van der Waals surface area (Å²) in [4.78, 5) is 6.40. The molecule has 0 N–H and O–H groups in total. The van der Waals surface area contributed by atoms with E-state index >= 15 is 0 Å². The third-order valence-electron chi connectivity index (χ3n) is 4.11. The molecule has 4 nitrogen and oxygen atoms in total. The average molecular weight is 307 g/mol. The second-order valence-electron chi connectivity index (χ2n) is 5.65. The summed E-state index contributed by atoms with van der Waals surface area (Å²) in [7, 11) is 0. The first kappa shape index (κ1) is 15.3. The van der Waals surface area contributed by atoms with Crippen molar-refractivity contribution in [3.63, 3.8) is 0 Å². The Hall–Kier alpha value is -2.62. The van der Waals surface area contributed by atoms with Crippen molar-refractivity contribution in [3.05, 3.63) is 59.7 Å². The molecule has 0 fully saturated rings. The minimum Gasteiger partial charge on any atom is -0.361 e. The van der Waals surface area contributed by atoms with Crippen LogP contribution in [0.5, 0.6) is 0 Å². The molecule has 3 aromatic rings. The van der Waals surface area contributed by atoms with E-state index in [0.717, 1.165) is 34.8 Å². The lowest BCUT2D eigenvalue weighted by Crippen LogP contribution is -2.17. The second kappa shape index (κ2) is 6.24. The van der Waals surface area contributed by atoms with Crippen molar-refractivity contribution in [3.8, 4) is 11.1 Å². The van der Waals surface area contributed by atoms with E-state index in [1.807, 2.05) is 38.4 Å². The summed E-state index contributed by atoms with van der Waals surface area (Å²) in [5, 5.41) is 4.07. The normalized spacial score (nSPS) is 10.8. The number of aryl methyl sites for hydroxylation is 3. The van der Waals surface area contributed by atoms with Gasteiger partial charge in [0.25, 0.3) is 0 Å². The lowest BCUT2D eigenvalue weighted by Gasteiger charge is -2.25. The molecule has 0 aliphatic rings. The summed E-state index contributed by atoms with van der Waals surface area (Å²) in [5.74, 6) is 0.851. The predicted octanol–water partition coefficient (Wildman–Crippen LogP) is 4.82. The van der Waals surface area contributed by atoms with Gasteiger partial charge in [0.2, 0.25) is 0 Å². The molecule has 3 rings (SSSR count). The Morgan fingerprint density at radius 3 is 2.39 bits per heavy atom. The molecule has 0 spiro atoms. The van der Waals surface area contributed by atoms with Crippen molar-refractivity contribution >= 4 is 11.4 Å². The molecule has 0 atom stereocenters. The first-order valence-corrected chi connectivity index (χ1v) is 7.83. The fourth-order valence-corrected chi connectivity index (χ4v) is 2.97. The minimum absolute atomic E-state index is 0.851. The van der Waals surface area contributed by atoms with Gasteiger partial charge < -0.3 is 9.42 Å². The Labute approximate surface area is 136 Å². The standard InChI is InChI=1S/C19H21N3O/c1-5-22(17-8-10-20-11-9-17)18-12-16(7-6-13(18)2)19-14(3)21-23-15(19)4/h6-12H,5H2,1-4H3. The number of aromatic nitrogens is 2. The van der Waals surface area contributed by atoms with Gasteiger partial charge >= 0.3 is 0 Å². The first-order chi connectivity index (χ1) is 11.1. The fraction of sp³-hybridized carbons (Fsp3) is 0.263. The van der Waals surface area contributed by atoms with Crippen molar-refractivity contribution in [1.82, 2.24) is 10.1 Å². The third kappa shape index (κ3) is 2.84. The van der Waals surface area contributed by atoms with Gasteiger partial charge in [0.15, 0.2) is 0 Å². The van der Waals surface area contributed by atoms with Crippen molar-refractivity contribution in [1.29, 1.82) is 0 Å². The summed E-state index contributed by atoms with van der Waals surface area (Å²) in [5.41, 5.74) is 6.70. The fourth-order valence-electron chi connectivity index (χ4n) is 2.97. The van der Waals surface area contributed by atoms with E-state index in [0.29, 0.717) is 0 Å². The van der Waals surface area contributed by atoms with E-state index in [9.17, 15) is 0 Å². The van der Waals surface area contributed by atoms with Crippen LogP contribution in [0.3, 0.4) is 0 Å². The predicted molar refractivity (Wildman–Crippen MR) is 93.1 cm³/mol. The van der Waals surface area contributed by atoms with Crippen molar-refractivity contribution in [2.45, 2.75) is 27.7 Å². The highest BCUT2D eigenvalue weighted by molar-refractivity contribution is 5.76. The smallest absolute Gasteiger partial charge is 0.141 e. The Balaban J connectivity index is 2.11. The minimum atomic E-state index is 0.851. The zero-order chi connectivity index (χ0) is 16.4. The second-order valence-corrected chi connectivity index (χ2v) is 5.65. The molecule has 23 heavy (non-hydrogen) atoms. The van der Waals surface area contributed by atoms with E-state index in [-0.39, 0.29) is 0 Å². The molecule has 0 saturated carbocycles. The third-order valence-corrected chi connectivity index (χ3v) is 4.11. The van der Waals surface area contributed by atoms with Crippen LogP contribution < -0.4 is 4.90 Å². The van der Waals surface area contributed by atoms with E-state index in [4.69, 9.17) is 4.52 Å². The number of pyridine rings is 1. The van der Waals surface area contributed by atoms with Crippen LogP contribution in [0.2, 0.25) is 0 Å². The van der Waals surface area contributed by atoms with Crippen LogP contribution >= 0.6 is 0 Å². The molecular formula is C19H21N3O. The van der Waals surface area contributed by atoms with Gasteiger partial charge in [0.1, 0.15) is 5.76 Å². The van der Waals surface area contributed by atoms with Gasteiger partial charge in [-0.05, 0) is 57.0 Å². The molecule has 2 heterocycles. The van der Waals surface area contributed by atoms with Crippen molar-refractivity contribution in [2.24, 2.45) is 0 Å². The topological polar surface area (TPSA) is 42.2 Å². The molecule has 4 heteroatoms. The molecule has 118 valence electrons. The largest absolute Gasteiger partial charge is 0.361 e. The van der Waals surface area contributed by atoms with E-state index in [1.165, 1.54) is 11.3 Å². The van der Waals surface area contributed by atoms with Gasteiger partial charge in [-0.15, -0.1) is 0 Å². The highest BCUT2D eigenvalue weighted by Crippen LogP contribution is 2.34. The van der Waals surface area contributed by atoms with Crippen molar-refractivity contribution in [2.75, 3.05) is 11.4 Å². The molecule has 0 aliphatic heterocycles. The Bertz CT molecular complexity index is 789. The molecule has 0 bridgehead atoms. The van der Waals surface area contributed by atoms with Crippen LogP contribution in [0.1, 0.15) is 23.9 Å². The van der Waals surface area contributed by atoms with Crippen LogP contribution in [-0.4, -0.2) is 16.7 Å². The highest BCUT2D eigenvalue weighted by Gasteiger charge is 2.15. The molecule has 1 aromatic carbocycles. The Kier molecular flexibility index (Phi) is 4.15. The van der Waals surface area contributed by atoms with Crippen molar-refractivity contribution < 1.29 is 4.52 Å². The van der Waals surface area contributed by atoms with Crippen LogP contribution in [0.15, 0.2) is 47.2 Å². The Morgan fingerprint density at radius 2 is 1.78 bits per heavy atom. The lowest BCUT2D eigenvalue weighted by molar-refractivity contribution is 0.393. The average Bonchev–Trinajstić information content (AvgIpc) is 2.90. The van der Waals surface area contributed by atoms with Crippen LogP contribution in [0, 0.1) is 20.8 Å². The number of hydrogen-bond donors (Lipinski definition) is 0. The van der Waals surface area contributed by atoms with Gasteiger partial charge in [-0.2, -0.15) is 0 Å². The van der Waals surface area contributed by atoms with E-state index < -0.39 is 0 Å². The Morgan fingerprint density at radius 1 is 1.04 bits per heavy atom. The zero-order valence-electron chi connectivity index (χ0n) is 14.0. The maximum atomic E-state index is 5.32. The lowest BCUT2D eigenvalue weighted by atomic mass is 10.0. The molecule has 0 unspecified atom stereocenters. The maximum absolute atomic E-state index is 5.32. The molecule has 0 saturated heterocycles. The van der Waals surface area contributed by atoms with Gasteiger partial charge in [-0.25, -0.2) is 0 Å². The molecule has 0 amide bonds. The van der Waals surface area contributed by atoms with E-state index in [2.05, 4.69) is 47.1 Å². The van der Waals surface area contributed by atoms with Crippen LogP contribution in [-0.2, 0) is 0 Å². The maximum Gasteiger partial charge on any atom is 0.141 e. The van der Waals surface area contributed by atoms with Gasteiger partial charge in [0, 0.05) is 35.9 Å². The zero-order valence-corrected chi connectivity index (χ0v) is 14.0.